The van der Waals surface area contributed by atoms with Crippen molar-refractivity contribution in [1.29, 1.82) is 0 Å². The van der Waals surface area contributed by atoms with Gasteiger partial charge in [-0.3, -0.25) is 9.69 Å². The number of rotatable bonds is 3. The fraction of sp³-hybridized carbons (Fsp3) is 0.444. The molecule has 1 spiro atoms. The molecule has 1 saturated heterocycles. The summed E-state index contributed by atoms with van der Waals surface area (Å²) in [5, 5.41) is 23.8. The lowest BCUT2D eigenvalue weighted by molar-refractivity contribution is -0.179. The molecule has 7 rings (SSSR count). The van der Waals surface area contributed by atoms with Crippen LogP contribution in [-0.2, 0) is 16.6 Å². The number of hydrogen-bond donors (Lipinski definition) is 2. The van der Waals surface area contributed by atoms with E-state index in [2.05, 4.69) is 4.90 Å². The first kappa shape index (κ1) is 20.1. The lowest BCUT2D eigenvalue weighted by atomic mass is 9.48. The zero-order chi connectivity index (χ0) is 22.5. The van der Waals surface area contributed by atoms with E-state index in [1.165, 1.54) is 12.8 Å². The van der Waals surface area contributed by atoms with Crippen molar-refractivity contribution in [2.75, 3.05) is 13.1 Å². The Hall–Kier alpha value is -2.34. The molecular weight excluding hydrogens is 438 g/mol. The number of carbonyl (C=O) groups is 1. The first-order chi connectivity index (χ1) is 15.9. The van der Waals surface area contributed by atoms with E-state index in [1.807, 2.05) is 30.3 Å². The summed E-state index contributed by atoms with van der Waals surface area (Å²) in [7, 11) is 0. The third-order valence-corrected chi connectivity index (χ3v) is 9.11. The molecule has 2 unspecified atom stereocenters. The van der Waals surface area contributed by atoms with Crippen LogP contribution in [0.5, 0.6) is 11.5 Å². The zero-order valence-electron chi connectivity index (χ0n) is 18.3. The topological polar surface area (TPSA) is 70.0 Å². The molecule has 3 fully saturated rings. The molecule has 5 nitrogen and oxygen atoms in total. The van der Waals surface area contributed by atoms with Gasteiger partial charge in [-0.15, -0.1) is 0 Å². The van der Waals surface area contributed by atoms with Gasteiger partial charge in [-0.05, 0) is 67.5 Å². The average Bonchev–Trinajstić information content (AvgIpc) is 3.53. The molecule has 2 heterocycles. The number of aromatic hydroxyl groups is 1. The van der Waals surface area contributed by atoms with Gasteiger partial charge in [-0.1, -0.05) is 35.9 Å². The predicted molar refractivity (Wildman–Crippen MR) is 125 cm³/mol. The van der Waals surface area contributed by atoms with E-state index in [9.17, 15) is 15.0 Å². The predicted octanol–water partition coefficient (Wildman–Crippen LogP) is 3.87. The number of ether oxygens (including phenoxy) is 1. The van der Waals surface area contributed by atoms with Crippen molar-refractivity contribution in [2.24, 2.45) is 5.92 Å². The van der Waals surface area contributed by atoms with Crippen LogP contribution >= 0.6 is 11.6 Å². The largest absolute Gasteiger partial charge is 0.504 e. The van der Waals surface area contributed by atoms with Gasteiger partial charge >= 0.3 is 0 Å². The number of aliphatic hydroxyl groups is 1. The molecular formula is C27H26ClNO4. The highest BCUT2D eigenvalue weighted by molar-refractivity contribution is 6.32. The van der Waals surface area contributed by atoms with Crippen molar-refractivity contribution in [2.45, 2.75) is 55.3 Å². The molecule has 2 aromatic carbocycles. The minimum absolute atomic E-state index is 0.0446. The van der Waals surface area contributed by atoms with Gasteiger partial charge in [0.25, 0.3) is 0 Å². The van der Waals surface area contributed by atoms with Gasteiger partial charge in [0.15, 0.2) is 23.4 Å². The molecule has 2 N–H and O–H groups in total. The third kappa shape index (κ3) is 2.53. The van der Waals surface area contributed by atoms with Crippen LogP contribution in [0.25, 0.3) is 6.08 Å². The lowest BCUT2D eigenvalue weighted by Gasteiger charge is -2.62. The van der Waals surface area contributed by atoms with Crippen LogP contribution in [0.1, 0.15) is 42.4 Å². The van der Waals surface area contributed by atoms with Gasteiger partial charge < -0.3 is 14.9 Å². The van der Waals surface area contributed by atoms with Gasteiger partial charge in [0.1, 0.15) is 0 Å². The number of phenolic OH excluding ortho intramolecular Hbond substituents is 1. The average molecular weight is 464 g/mol. The molecule has 170 valence electrons. The SMILES string of the molecule is O=C1/C(=C/c2ccccc2Cl)C[C@@]2(O)C3Cc4ccc(O)c5c4C2(CCN3CC2CC2)[C@H]1O5. The van der Waals surface area contributed by atoms with Gasteiger partial charge in [0, 0.05) is 35.2 Å². The standard InChI is InChI=1S/C27H26ClNO4/c28-19-4-2-1-3-16(19)11-18-13-27(32)21-12-17-7-8-20(30)24-22(17)26(27,25(33-24)23(18)31)9-10-29(21)14-15-5-6-15/h1-4,7-8,11,15,21,25,30,32H,5-6,9-10,12-14H2/b18-11+/t21?,25-,26?,27+/m0/s1. The summed E-state index contributed by atoms with van der Waals surface area (Å²) in [5.74, 6) is 1.02. The summed E-state index contributed by atoms with van der Waals surface area (Å²) in [6.45, 7) is 1.82. The van der Waals surface area contributed by atoms with E-state index in [4.69, 9.17) is 16.3 Å². The quantitative estimate of drug-likeness (QED) is 0.676. The first-order valence-corrected chi connectivity index (χ1v) is 12.3. The fourth-order valence-electron chi connectivity index (χ4n) is 7.09. The van der Waals surface area contributed by atoms with E-state index in [0.29, 0.717) is 35.1 Å². The number of halogens is 1. The molecule has 0 amide bonds. The molecule has 4 atom stereocenters. The van der Waals surface area contributed by atoms with Crippen LogP contribution in [0.3, 0.4) is 0 Å². The zero-order valence-corrected chi connectivity index (χ0v) is 19.0. The first-order valence-electron chi connectivity index (χ1n) is 11.9. The van der Waals surface area contributed by atoms with Crippen LogP contribution in [0, 0.1) is 5.92 Å². The molecule has 2 aliphatic heterocycles. The van der Waals surface area contributed by atoms with E-state index >= 15 is 0 Å². The van der Waals surface area contributed by atoms with E-state index in [-0.39, 0.29) is 24.0 Å². The maximum Gasteiger partial charge on any atom is 0.200 e. The molecule has 5 aliphatic rings. The van der Waals surface area contributed by atoms with Crippen LogP contribution in [0.4, 0.5) is 0 Å². The maximum atomic E-state index is 13.8. The monoisotopic (exact) mass is 463 g/mol. The Kier molecular flexibility index (Phi) is 4.03. The molecule has 3 aliphatic carbocycles. The molecule has 0 aromatic heterocycles. The minimum atomic E-state index is -1.15. The summed E-state index contributed by atoms with van der Waals surface area (Å²) in [4.78, 5) is 16.3. The van der Waals surface area contributed by atoms with Gasteiger partial charge in [0.2, 0.25) is 0 Å². The molecule has 0 radical (unpaired) electrons. The second kappa shape index (κ2) is 6.62. The highest BCUT2D eigenvalue weighted by Gasteiger charge is 2.74. The number of likely N-dealkylation sites (tertiary alicyclic amines) is 1. The highest BCUT2D eigenvalue weighted by Crippen LogP contribution is 2.65. The van der Waals surface area contributed by atoms with Crippen LogP contribution in [0.2, 0.25) is 5.02 Å². The third-order valence-electron chi connectivity index (χ3n) is 8.76. The fourth-order valence-corrected chi connectivity index (χ4v) is 7.28. The van der Waals surface area contributed by atoms with Gasteiger partial charge in [-0.25, -0.2) is 0 Å². The lowest BCUT2D eigenvalue weighted by Crippen LogP contribution is -2.77. The van der Waals surface area contributed by atoms with Crippen LogP contribution in [0.15, 0.2) is 42.0 Å². The molecule has 2 bridgehead atoms. The normalized spacial score (nSPS) is 35.5. The van der Waals surface area contributed by atoms with Gasteiger partial charge in [0.05, 0.1) is 11.0 Å². The summed E-state index contributed by atoms with van der Waals surface area (Å²) in [6, 6.07) is 11.0. The highest BCUT2D eigenvalue weighted by atomic mass is 35.5. The minimum Gasteiger partial charge on any atom is -0.504 e. The van der Waals surface area contributed by atoms with Crippen molar-refractivity contribution in [1.82, 2.24) is 4.90 Å². The van der Waals surface area contributed by atoms with E-state index in [0.717, 1.165) is 29.8 Å². The van der Waals surface area contributed by atoms with Crippen molar-refractivity contribution < 1.29 is 19.7 Å². The number of phenols is 1. The Labute approximate surface area is 197 Å². The number of nitrogens with zero attached hydrogens (tertiary/aromatic N) is 1. The number of Topliss-reactive ketones (excluding diaryl/α,β-unsaturated/α-hetero) is 1. The Morgan fingerprint density at radius 1 is 1.21 bits per heavy atom. The summed E-state index contributed by atoms with van der Waals surface area (Å²) in [5.41, 5.74) is 1.28. The number of hydrogen-bond acceptors (Lipinski definition) is 5. The second-order valence-corrected chi connectivity index (χ2v) is 10.9. The Bertz CT molecular complexity index is 1240. The van der Waals surface area contributed by atoms with Crippen LogP contribution in [-0.4, -0.2) is 51.7 Å². The summed E-state index contributed by atoms with van der Waals surface area (Å²) < 4.78 is 6.26. The van der Waals surface area contributed by atoms with Crippen molar-refractivity contribution in [3.63, 3.8) is 0 Å². The second-order valence-electron chi connectivity index (χ2n) is 10.5. The molecule has 2 saturated carbocycles. The Morgan fingerprint density at radius 3 is 2.82 bits per heavy atom. The summed E-state index contributed by atoms with van der Waals surface area (Å²) >= 11 is 6.40. The number of carbonyl (C=O) groups excluding carboxylic acids is 1. The smallest absolute Gasteiger partial charge is 0.200 e. The van der Waals surface area contributed by atoms with E-state index < -0.39 is 17.1 Å². The van der Waals surface area contributed by atoms with E-state index in [1.54, 1.807) is 12.1 Å². The van der Waals surface area contributed by atoms with Crippen molar-refractivity contribution in [3.8, 4) is 11.5 Å². The Balaban J connectivity index is 1.42. The number of piperidine rings is 1. The molecule has 6 heteroatoms. The maximum absolute atomic E-state index is 13.8. The Morgan fingerprint density at radius 2 is 2.03 bits per heavy atom. The van der Waals surface area contributed by atoms with Gasteiger partial charge in [-0.2, -0.15) is 0 Å². The molecule has 2 aromatic rings. The summed E-state index contributed by atoms with van der Waals surface area (Å²) in [6.07, 6.45) is 5.09. The van der Waals surface area contributed by atoms with Crippen molar-refractivity contribution in [3.05, 3.63) is 63.7 Å². The number of ketones is 1. The number of benzene rings is 2. The van der Waals surface area contributed by atoms with Crippen molar-refractivity contribution >= 4 is 23.5 Å². The molecule has 33 heavy (non-hydrogen) atoms. The van der Waals surface area contributed by atoms with Crippen LogP contribution < -0.4 is 4.74 Å².